The summed E-state index contributed by atoms with van der Waals surface area (Å²) in [6.07, 6.45) is 17.4. The van der Waals surface area contributed by atoms with Gasteiger partial charge >= 0.3 is 0 Å². The third-order valence-electron chi connectivity index (χ3n) is 3.56. The summed E-state index contributed by atoms with van der Waals surface area (Å²) in [4.78, 5) is 18.8. The molecule has 0 aromatic rings. The van der Waals surface area contributed by atoms with Gasteiger partial charge < -0.3 is 31.3 Å². The smallest absolute Gasteiger partial charge is 0.0739 e. The van der Waals surface area contributed by atoms with Gasteiger partial charge in [-0.3, -0.25) is 0 Å². The molecule has 0 aromatic heterocycles. The average Bonchev–Trinajstić information content (AvgIpc) is 2.61. The average molecular weight is 375 g/mol. The van der Waals surface area contributed by atoms with Crippen LogP contribution in [0.5, 0.6) is 0 Å². The lowest BCUT2D eigenvalue weighted by Crippen LogP contribution is -2.50. The number of carbonyl (C=O) groups excluding carboxylic acids is 2. The first-order valence-corrected chi connectivity index (χ1v) is 10.1. The fourth-order valence-electron chi connectivity index (χ4n) is 2.05. The molecule has 0 heterocycles. The summed E-state index contributed by atoms with van der Waals surface area (Å²) in [5.41, 5.74) is 7.61. The van der Waals surface area contributed by atoms with Gasteiger partial charge in [-0.05, 0) is 37.8 Å². The van der Waals surface area contributed by atoms with Crippen LogP contribution in [0.4, 0.5) is 0 Å². The van der Waals surface area contributed by atoms with Crippen LogP contribution in [0.25, 0.3) is 0 Å². The third-order valence-corrected chi connectivity index (χ3v) is 3.56. The van der Waals surface area contributed by atoms with Crippen molar-refractivity contribution in [2.75, 3.05) is 13.1 Å². The van der Waals surface area contributed by atoms with Crippen LogP contribution in [0, 0.1) is 0 Å². The minimum absolute atomic E-state index is 0.384. The van der Waals surface area contributed by atoms with Crippen molar-refractivity contribution in [1.29, 1.82) is 0 Å². The van der Waals surface area contributed by atoms with Crippen LogP contribution in [0.15, 0.2) is 12.2 Å². The van der Waals surface area contributed by atoms with Crippen LogP contribution in [-0.2, 0) is 9.59 Å². The highest BCUT2D eigenvalue weighted by molar-refractivity contribution is 5.87. The first-order valence-electron chi connectivity index (χ1n) is 10.1. The SMILES string of the molecule is CCCCCCCC[NH3+].CCCCCCCC[NH3+].O=C([O-])C=CC(=O)[O-]. The van der Waals surface area contributed by atoms with Gasteiger partial charge in [-0.1, -0.05) is 65.2 Å². The van der Waals surface area contributed by atoms with Crippen LogP contribution in [0.1, 0.15) is 90.9 Å². The maximum Gasteiger partial charge on any atom is 0.0739 e. The first kappa shape index (κ1) is 29.4. The Bertz CT molecular complexity index is 279. The van der Waals surface area contributed by atoms with E-state index >= 15 is 0 Å². The Morgan fingerprint density at radius 1 is 0.615 bits per heavy atom. The molecule has 0 aromatic carbocycles. The van der Waals surface area contributed by atoms with E-state index in [9.17, 15) is 19.8 Å². The van der Waals surface area contributed by atoms with Gasteiger partial charge in [-0.2, -0.15) is 0 Å². The summed E-state index contributed by atoms with van der Waals surface area (Å²) >= 11 is 0. The molecule has 0 amide bonds. The Kier molecular flexibility index (Phi) is 32.1. The molecule has 0 bridgehead atoms. The second kappa shape index (κ2) is 28.4. The van der Waals surface area contributed by atoms with Crippen LogP contribution in [0.2, 0.25) is 0 Å². The normalized spacial score (nSPS) is 9.85. The van der Waals surface area contributed by atoms with E-state index < -0.39 is 11.9 Å². The highest BCUT2D eigenvalue weighted by Crippen LogP contribution is 2.03. The molecule has 0 aliphatic rings. The number of carboxylic acids is 2. The van der Waals surface area contributed by atoms with Crippen LogP contribution in [0.3, 0.4) is 0 Å². The van der Waals surface area contributed by atoms with E-state index in [1.165, 1.54) is 77.0 Å². The van der Waals surface area contributed by atoms with Gasteiger partial charge in [0.05, 0.1) is 25.0 Å². The predicted octanol–water partition coefficient (Wildman–Crippen LogP) is 0.220. The molecule has 6 nitrogen and oxygen atoms in total. The van der Waals surface area contributed by atoms with Crippen LogP contribution >= 0.6 is 0 Å². The minimum Gasteiger partial charge on any atom is -0.545 e. The van der Waals surface area contributed by atoms with Gasteiger partial charge in [0.15, 0.2) is 0 Å². The topological polar surface area (TPSA) is 136 Å². The zero-order chi connectivity index (χ0) is 20.5. The van der Waals surface area contributed by atoms with E-state index in [1.54, 1.807) is 0 Å². The Labute approximate surface area is 160 Å². The lowest BCUT2D eigenvalue weighted by atomic mass is 10.1. The zero-order valence-corrected chi connectivity index (χ0v) is 17.1. The van der Waals surface area contributed by atoms with Crippen molar-refractivity contribution in [2.24, 2.45) is 0 Å². The molecule has 0 atom stereocenters. The minimum atomic E-state index is -1.55. The lowest BCUT2D eigenvalue weighted by Gasteiger charge is -1.95. The molecule has 6 N–H and O–H groups in total. The highest BCUT2D eigenvalue weighted by Gasteiger charge is 1.87. The van der Waals surface area contributed by atoms with Crippen LogP contribution < -0.4 is 21.7 Å². The summed E-state index contributed by atoms with van der Waals surface area (Å²) in [7, 11) is 0. The number of hydrogen-bond donors (Lipinski definition) is 2. The predicted molar refractivity (Wildman–Crippen MR) is 101 cm³/mol. The van der Waals surface area contributed by atoms with Gasteiger partial charge in [0, 0.05) is 0 Å². The summed E-state index contributed by atoms with van der Waals surface area (Å²) in [6, 6.07) is 0. The maximum atomic E-state index is 9.41. The van der Waals surface area contributed by atoms with Crippen molar-refractivity contribution in [2.45, 2.75) is 90.9 Å². The molecular weight excluding hydrogens is 332 g/mol. The molecule has 0 saturated heterocycles. The molecule has 0 fully saturated rings. The van der Waals surface area contributed by atoms with Crippen molar-refractivity contribution in [3.05, 3.63) is 12.2 Å². The quantitative estimate of drug-likeness (QED) is 0.332. The first-order chi connectivity index (χ1) is 12.5. The van der Waals surface area contributed by atoms with E-state index in [2.05, 4.69) is 25.3 Å². The third kappa shape index (κ3) is 43.3. The zero-order valence-electron chi connectivity index (χ0n) is 17.1. The molecule has 26 heavy (non-hydrogen) atoms. The number of unbranched alkanes of at least 4 members (excludes halogenated alkanes) is 10. The molecule has 6 heteroatoms. The Morgan fingerprint density at radius 2 is 0.885 bits per heavy atom. The van der Waals surface area contributed by atoms with E-state index in [1.807, 2.05) is 0 Å². The molecule has 0 spiro atoms. The summed E-state index contributed by atoms with van der Waals surface area (Å²) in [5, 5.41) is 18.8. The Balaban J connectivity index is -0.000000306. The van der Waals surface area contributed by atoms with E-state index in [4.69, 9.17) is 0 Å². The molecule has 0 aliphatic carbocycles. The van der Waals surface area contributed by atoms with Gasteiger partial charge in [0.2, 0.25) is 0 Å². The molecule has 0 rings (SSSR count). The summed E-state index contributed by atoms with van der Waals surface area (Å²) in [6.45, 7) is 6.74. The molecule has 0 saturated carbocycles. The van der Waals surface area contributed by atoms with Gasteiger partial charge in [-0.15, -0.1) is 0 Å². The summed E-state index contributed by atoms with van der Waals surface area (Å²) < 4.78 is 0. The number of carboxylic acid groups (broad SMARTS) is 2. The lowest BCUT2D eigenvalue weighted by molar-refractivity contribution is -0.368. The molecule has 0 unspecified atom stereocenters. The number of carbonyl (C=O) groups is 2. The monoisotopic (exact) mass is 374 g/mol. The number of aliphatic carboxylic acids is 2. The van der Waals surface area contributed by atoms with E-state index in [0.717, 1.165) is 13.1 Å². The number of rotatable bonds is 14. The molecule has 0 aliphatic heterocycles. The number of quaternary nitrogens is 2. The van der Waals surface area contributed by atoms with E-state index in [0.29, 0.717) is 12.2 Å². The second-order valence-corrected chi connectivity index (χ2v) is 6.21. The molecule has 0 radical (unpaired) electrons. The molecular formula is C20H42N2O4. The standard InChI is InChI=1S/2C8H19N.C4H4O4/c2*1-2-3-4-5-6-7-8-9;5-3(6)1-2-4(7)8/h2*2-9H2,1H3;1-2H,(H,5,6)(H,7,8). The fourth-order valence-corrected chi connectivity index (χ4v) is 2.05. The fraction of sp³-hybridized carbons (Fsp3) is 0.800. The number of hydrogen-bond acceptors (Lipinski definition) is 4. The van der Waals surface area contributed by atoms with Crippen LogP contribution in [-0.4, -0.2) is 25.0 Å². The largest absolute Gasteiger partial charge is 0.545 e. The summed E-state index contributed by atoms with van der Waals surface area (Å²) in [5.74, 6) is -3.09. The van der Waals surface area contributed by atoms with Crippen molar-refractivity contribution in [1.82, 2.24) is 0 Å². The second-order valence-electron chi connectivity index (χ2n) is 6.21. The maximum absolute atomic E-state index is 9.41. The Morgan fingerprint density at radius 3 is 1.12 bits per heavy atom. The van der Waals surface area contributed by atoms with Gasteiger partial charge in [0.1, 0.15) is 0 Å². The van der Waals surface area contributed by atoms with E-state index in [-0.39, 0.29) is 0 Å². The highest BCUT2D eigenvalue weighted by atomic mass is 16.4. The van der Waals surface area contributed by atoms with Crippen molar-refractivity contribution in [3.8, 4) is 0 Å². The van der Waals surface area contributed by atoms with Crippen molar-refractivity contribution in [3.63, 3.8) is 0 Å². The van der Waals surface area contributed by atoms with Crippen molar-refractivity contribution >= 4 is 11.9 Å². The van der Waals surface area contributed by atoms with Gasteiger partial charge in [-0.25, -0.2) is 0 Å². The Hall–Kier alpha value is -1.40. The van der Waals surface area contributed by atoms with Gasteiger partial charge in [0.25, 0.3) is 0 Å². The molecule has 156 valence electrons. The van der Waals surface area contributed by atoms with Crippen molar-refractivity contribution < 1.29 is 31.3 Å².